The lowest BCUT2D eigenvalue weighted by Crippen LogP contribution is -2.61. The molecule has 2 N–H and O–H groups in total. The fourth-order valence-electron chi connectivity index (χ4n) is 5.96. The topological polar surface area (TPSA) is 94.2 Å². The summed E-state index contributed by atoms with van der Waals surface area (Å²) in [6.45, 7) is 1.05. The van der Waals surface area contributed by atoms with Crippen LogP contribution in [0.1, 0.15) is 42.5 Å². The van der Waals surface area contributed by atoms with Crippen molar-refractivity contribution in [2.24, 2.45) is 17.8 Å². The molecule has 28 heavy (non-hydrogen) atoms. The van der Waals surface area contributed by atoms with Gasteiger partial charge in [0.25, 0.3) is 5.91 Å². The number of aromatic nitrogens is 4. The van der Waals surface area contributed by atoms with E-state index in [1.807, 2.05) is 12.3 Å². The number of hydrogen-bond acceptors (Lipinski definition) is 5. The molecule has 2 heterocycles. The van der Waals surface area contributed by atoms with Crippen LogP contribution in [0.25, 0.3) is 5.82 Å². The van der Waals surface area contributed by atoms with Crippen molar-refractivity contribution in [3.8, 4) is 5.82 Å². The van der Waals surface area contributed by atoms with Gasteiger partial charge >= 0.3 is 0 Å². The molecular weight excluding hydrogens is 358 g/mol. The number of methoxy groups -OCH3 is 1. The maximum atomic E-state index is 13.2. The van der Waals surface area contributed by atoms with E-state index >= 15 is 0 Å². The summed E-state index contributed by atoms with van der Waals surface area (Å²) >= 11 is 0. The summed E-state index contributed by atoms with van der Waals surface area (Å²) in [7, 11) is 1.64. The molecule has 4 saturated carbocycles. The lowest BCUT2D eigenvalue weighted by atomic mass is 9.52. The molecule has 0 saturated heterocycles. The van der Waals surface area contributed by atoms with Crippen LogP contribution in [0.3, 0.4) is 0 Å². The molecule has 0 aromatic carbocycles. The summed E-state index contributed by atoms with van der Waals surface area (Å²) in [5.74, 6) is 1.90. The SMILES string of the molecule is COCCn1ncc(C(=O)NC2[C@H]3CC4C[C@H]2CC(O)(C4)C3)c1-n1cccn1. The van der Waals surface area contributed by atoms with Gasteiger partial charge in [0, 0.05) is 25.5 Å². The van der Waals surface area contributed by atoms with E-state index in [1.165, 1.54) is 0 Å². The van der Waals surface area contributed by atoms with Gasteiger partial charge in [0.2, 0.25) is 0 Å². The van der Waals surface area contributed by atoms with Crippen LogP contribution in [-0.4, -0.2) is 55.9 Å². The second-order valence-electron chi connectivity index (χ2n) is 8.74. The largest absolute Gasteiger partial charge is 0.390 e. The Hall–Kier alpha value is -2.19. The molecule has 4 aliphatic rings. The van der Waals surface area contributed by atoms with Crippen LogP contribution in [0.5, 0.6) is 0 Å². The standard InChI is InChI=1S/C20H27N5O3/c1-28-6-5-25-19(24-4-2-3-21-24)16(12-22-25)18(26)23-17-14-7-13-8-15(17)11-20(27,9-13)10-14/h2-4,12-15,17,27H,5-11H2,1H3,(H,23,26)/t13?,14-,15-,17?,20?/m0/s1. The summed E-state index contributed by atoms with van der Waals surface area (Å²) in [4.78, 5) is 13.2. The van der Waals surface area contributed by atoms with Crippen LogP contribution in [-0.2, 0) is 11.3 Å². The maximum Gasteiger partial charge on any atom is 0.256 e. The Kier molecular flexibility index (Phi) is 4.28. The second-order valence-corrected chi connectivity index (χ2v) is 8.74. The monoisotopic (exact) mass is 385 g/mol. The van der Waals surface area contributed by atoms with Gasteiger partial charge in [-0.25, -0.2) is 9.36 Å². The van der Waals surface area contributed by atoms with Crippen molar-refractivity contribution in [3.05, 3.63) is 30.2 Å². The van der Waals surface area contributed by atoms with E-state index in [0.29, 0.717) is 42.3 Å². The van der Waals surface area contributed by atoms with E-state index in [4.69, 9.17) is 4.74 Å². The van der Waals surface area contributed by atoms with Gasteiger partial charge in [0.1, 0.15) is 5.56 Å². The van der Waals surface area contributed by atoms with E-state index in [1.54, 1.807) is 28.9 Å². The molecule has 4 bridgehead atoms. The number of hydrogen-bond donors (Lipinski definition) is 2. The van der Waals surface area contributed by atoms with Crippen molar-refractivity contribution >= 4 is 5.91 Å². The second kappa shape index (κ2) is 6.70. The molecule has 2 atom stereocenters. The van der Waals surface area contributed by atoms with Gasteiger partial charge < -0.3 is 15.2 Å². The summed E-state index contributed by atoms with van der Waals surface area (Å²) < 4.78 is 8.60. The van der Waals surface area contributed by atoms with Crippen molar-refractivity contribution in [2.45, 2.75) is 50.3 Å². The number of carbonyl (C=O) groups is 1. The fraction of sp³-hybridized carbons (Fsp3) is 0.650. The normalized spacial score (nSPS) is 33.4. The molecular formula is C20H27N5O3. The van der Waals surface area contributed by atoms with Crippen LogP contribution >= 0.6 is 0 Å². The lowest BCUT2D eigenvalue weighted by molar-refractivity contribution is -0.136. The Morgan fingerprint density at radius 1 is 1.32 bits per heavy atom. The van der Waals surface area contributed by atoms with E-state index < -0.39 is 5.60 Å². The first-order valence-corrected chi connectivity index (χ1v) is 10.1. The molecule has 150 valence electrons. The molecule has 0 aliphatic heterocycles. The van der Waals surface area contributed by atoms with Crippen LogP contribution in [0.2, 0.25) is 0 Å². The first-order valence-electron chi connectivity index (χ1n) is 10.1. The number of ether oxygens (including phenoxy) is 1. The van der Waals surface area contributed by atoms with Crippen molar-refractivity contribution < 1.29 is 14.6 Å². The zero-order valence-electron chi connectivity index (χ0n) is 16.1. The predicted octanol–water partition coefficient (Wildman–Crippen LogP) is 1.38. The van der Waals surface area contributed by atoms with Crippen LogP contribution in [0, 0.1) is 17.8 Å². The predicted molar refractivity (Wildman–Crippen MR) is 101 cm³/mol. The lowest BCUT2D eigenvalue weighted by Gasteiger charge is -2.58. The molecule has 8 nitrogen and oxygen atoms in total. The van der Waals surface area contributed by atoms with Crippen LogP contribution in [0.4, 0.5) is 0 Å². The zero-order valence-corrected chi connectivity index (χ0v) is 16.1. The van der Waals surface area contributed by atoms with E-state index in [9.17, 15) is 9.90 Å². The molecule has 2 aromatic rings. The molecule has 4 fully saturated rings. The fourth-order valence-corrected chi connectivity index (χ4v) is 5.96. The highest BCUT2D eigenvalue weighted by Crippen LogP contribution is 2.55. The quantitative estimate of drug-likeness (QED) is 0.784. The number of amides is 1. The zero-order chi connectivity index (χ0) is 19.3. The molecule has 0 unspecified atom stereocenters. The Balaban J connectivity index is 1.40. The molecule has 4 aliphatic carbocycles. The smallest absolute Gasteiger partial charge is 0.256 e. The van der Waals surface area contributed by atoms with Crippen molar-refractivity contribution in [3.63, 3.8) is 0 Å². The number of nitrogens with zero attached hydrogens (tertiary/aromatic N) is 4. The maximum absolute atomic E-state index is 13.2. The highest BCUT2D eigenvalue weighted by atomic mass is 16.5. The Morgan fingerprint density at radius 2 is 2.11 bits per heavy atom. The highest BCUT2D eigenvalue weighted by Gasteiger charge is 2.55. The van der Waals surface area contributed by atoms with Gasteiger partial charge in [-0.2, -0.15) is 10.2 Å². The molecule has 0 spiro atoms. The minimum atomic E-state index is -0.497. The minimum Gasteiger partial charge on any atom is -0.390 e. The van der Waals surface area contributed by atoms with Crippen LogP contribution in [0.15, 0.2) is 24.7 Å². The summed E-state index contributed by atoms with van der Waals surface area (Å²) in [5, 5.41) is 22.8. The summed E-state index contributed by atoms with van der Waals surface area (Å²) in [5.41, 5.74) is 0.0236. The van der Waals surface area contributed by atoms with E-state index in [2.05, 4.69) is 15.5 Å². The van der Waals surface area contributed by atoms with Gasteiger partial charge in [0.05, 0.1) is 24.9 Å². The third-order valence-corrected chi connectivity index (χ3v) is 6.82. The van der Waals surface area contributed by atoms with Gasteiger partial charge in [-0.1, -0.05) is 0 Å². The number of rotatable bonds is 6. The third kappa shape index (κ3) is 2.95. The van der Waals surface area contributed by atoms with Gasteiger partial charge in [-0.05, 0) is 55.9 Å². The Labute approximate surface area is 163 Å². The van der Waals surface area contributed by atoms with Crippen LogP contribution < -0.4 is 5.32 Å². The number of carbonyl (C=O) groups excluding carboxylic acids is 1. The molecule has 2 aromatic heterocycles. The average molecular weight is 385 g/mol. The Morgan fingerprint density at radius 3 is 2.75 bits per heavy atom. The van der Waals surface area contributed by atoms with Gasteiger partial charge in [0.15, 0.2) is 5.82 Å². The van der Waals surface area contributed by atoms with E-state index in [-0.39, 0.29) is 11.9 Å². The number of nitrogens with one attached hydrogen (secondary N) is 1. The molecule has 8 heteroatoms. The minimum absolute atomic E-state index is 0.112. The first-order chi connectivity index (χ1) is 13.6. The van der Waals surface area contributed by atoms with Gasteiger partial charge in [-0.15, -0.1) is 0 Å². The van der Waals surface area contributed by atoms with Crippen molar-refractivity contribution in [2.75, 3.05) is 13.7 Å². The third-order valence-electron chi connectivity index (χ3n) is 6.82. The summed E-state index contributed by atoms with van der Waals surface area (Å²) in [6.07, 6.45) is 9.91. The Bertz CT molecular complexity index is 845. The van der Waals surface area contributed by atoms with Crippen molar-refractivity contribution in [1.29, 1.82) is 0 Å². The first kappa shape index (κ1) is 17.9. The highest BCUT2D eigenvalue weighted by molar-refractivity contribution is 5.97. The molecule has 1 amide bonds. The van der Waals surface area contributed by atoms with E-state index in [0.717, 1.165) is 32.1 Å². The average Bonchev–Trinajstić information content (AvgIpc) is 3.30. The van der Waals surface area contributed by atoms with Crippen molar-refractivity contribution in [1.82, 2.24) is 24.9 Å². The molecule has 6 rings (SSSR count). The van der Waals surface area contributed by atoms with Gasteiger partial charge in [-0.3, -0.25) is 4.79 Å². The number of aliphatic hydroxyl groups is 1. The summed E-state index contributed by atoms with van der Waals surface area (Å²) in [6, 6.07) is 1.96. The molecule has 0 radical (unpaired) electrons.